The Kier molecular flexibility index (Phi) is 4.11. The number of aromatic nitrogens is 1. The monoisotopic (exact) mass is 285 g/mol. The Morgan fingerprint density at radius 3 is 3.05 bits per heavy atom. The fourth-order valence-corrected chi connectivity index (χ4v) is 3.62. The average molecular weight is 285 g/mol. The van der Waals surface area contributed by atoms with Gasteiger partial charge in [-0.1, -0.05) is 32.0 Å². The number of piperidine rings is 1. The summed E-state index contributed by atoms with van der Waals surface area (Å²) in [6.07, 6.45) is 5.45. The van der Waals surface area contributed by atoms with E-state index in [4.69, 9.17) is 0 Å². The molecule has 3 heteroatoms. The first-order chi connectivity index (χ1) is 10.2. The molecule has 0 radical (unpaired) electrons. The van der Waals surface area contributed by atoms with Crippen LogP contribution in [0.25, 0.3) is 10.9 Å². The van der Waals surface area contributed by atoms with Crippen molar-refractivity contribution in [3.8, 4) is 0 Å². The first-order valence-electron chi connectivity index (χ1n) is 8.14. The summed E-state index contributed by atoms with van der Waals surface area (Å²) in [5.74, 6) is 1.02. The number of hydrogen-bond donors (Lipinski definition) is 2. The van der Waals surface area contributed by atoms with Gasteiger partial charge in [0.1, 0.15) is 6.54 Å². The van der Waals surface area contributed by atoms with Gasteiger partial charge in [0.15, 0.2) is 0 Å². The smallest absolute Gasteiger partial charge is 0.219 e. The lowest BCUT2D eigenvalue weighted by molar-refractivity contribution is -0.900. The summed E-state index contributed by atoms with van der Waals surface area (Å²) < 4.78 is 0. The highest BCUT2D eigenvalue weighted by Gasteiger charge is 2.24. The first kappa shape index (κ1) is 14.3. The number of rotatable bonds is 4. The maximum atomic E-state index is 12.7. The Morgan fingerprint density at radius 1 is 1.43 bits per heavy atom. The van der Waals surface area contributed by atoms with Gasteiger partial charge in [0.05, 0.1) is 13.1 Å². The molecule has 2 atom stereocenters. The Labute approximate surface area is 126 Å². The van der Waals surface area contributed by atoms with Crippen molar-refractivity contribution in [1.29, 1.82) is 0 Å². The Balaban J connectivity index is 1.81. The zero-order valence-electron chi connectivity index (χ0n) is 13.0. The van der Waals surface area contributed by atoms with Crippen molar-refractivity contribution in [3.05, 3.63) is 35.5 Å². The van der Waals surface area contributed by atoms with Gasteiger partial charge in [-0.05, 0) is 24.8 Å². The van der Waals surface area contributed by atoms with Crippen molar-refractivity contribution in [2.75, 3.05) is 19.6 Å². The van der Waals surface area contributed by atoms with E-state index in [1.807, 2.05) is 6.20 Å². The van der Waals surface area contributed by atoms with E-state index in [9.17, 15) is 4.79 Å². The van der Waals surface area contributed by atoms with Crippen molar-refractivity contribution in [3.63, 3.8) is 0 Å². The summed E-state index contributed by atoms with van der Waals surface area (Å²) in [7, 11) is 0. The number of aromatic amines is 1. The number of aryl methyl sites for hydroxylation is 1. The van der Waals surface area contributed by atoms with Crippen molar-refractivity contribution >= 4 is 16.7 Å². The van der Waals surface area contributed by atoms with Crippen LogP contribution in [0.2, 0.25) is 0 Å². The molecule has 21 heavy (non-hydrogen) atoms. The number of para-hydroxylation sites is 1. The molecular formula is C18H25N2O+. The Morgan fingerprint density at radius 2 is 2.29 bits per heavy atom. The van der Waals surface area contributed by atoms with Crippen molar-refractivity contribution < 1.29 is 9.69 Å². The molecule has 1 aliphatic heterocycles. The van der Waals surface area contributed by atoms with E-state index in [1.165, 1.54) is 23.3 Å². The number of fused-ring (bicyclic) bond motifs is 1. The maximum Gasteiger partial charge on any atom is 0.219 e. The summed E-state index contributed by atoms with van der Waals surface area (Å²) in [6, 6.07) is 6.25. The Bertz CT molecular complexity index is 644. The predicted octanol–water partition coefficient (Wildman–Crippen LogP) is 2.23. The van der Waals surface area contributed by atoms with E-state index in [-0.39, 0.29) is 5.78 Å². The third kappa shape index (κ3) is 2.88. The van der Waals surface area contributed by atoms with E-state index < -0.39 is 0 Å². The SMILES string of the molecule is CCc1cccc2c(C(=O)C[NH+]3CCC[C@H](C)C3)c[nH]c12. The fraction of sp³-hybridized carbons (Fsp3) is 0.500. The largest absolute Gasteiger partial charge is 0.360 e. The summed E-state index contributed by atoms with van der Waals surface area (Å²) in [6.45, 7) is 7.35. The van der Waals surface area contributed by atoms with Gasteiger partial charge in [-0.25, -0.2) is 0 Å². The standard InChI is InChI=1S/C18H24N2O/c1-3-14-7-4-8-15-16(10-19-18(14)15)17(21)12-20-9-5-6-13(2)11-20/h4,7-8,10,13,19H,3,5-6,9,11-12H2,1-2H3/p+1/t13-/m0/s1. The number of likely N-dealkylation sites (tertiary alicyclic amines) is 1. The highest BCUT2D eigenvalue weighted by atomic mass is 16.1. The quantitative estimate of drug-likeness (QED) is 0.831. The molecule has 3 rings (SSSR count). The van der Waals surface area contributed by atoms with Gasteiger partial charge in [-0.2, -0.15) is 0 Å². The number of quaternary nitrogens is 1. The van der Waals surface area contributed by atoms with E-state index in [0.29, 0.717) is 6.54 Å². The number of Topliss-reactive ketones (excluding diaryl/α,β-unsaturated/α-hetero) is 1. The summed E-state index contributed by atoms with van der Waals surface area (Å²) in [4.78, 5) is 17.4. The van der Waals surface area contributed by atoms with Gasteiger partial charge < -0.3 is 9.88 Å². The number of hydrogen-bond acceptors (Lipinski definition) is 1. The molecule has 0 saturated carbocycles. The minimum Gasteiger partial charge on any atom is -0.360 e. The van der Waals surface area contributed by atoms with E-state index in [2.05, 4.69) is 37.0 Å². The van der Waals surface area contributed by atoms with E-state index in [0.717, 1.165) is 41.9 Å². The predicted molar refractivity (Wildman–Crippen MR) is 86.0 cm³/mol. The molecule has 2 heterocycles. The lowest BCUT2D eigenvalue weighted by Gasteiger charge is -2.27. The van der Waals surface area contributed by atoms with Crippen LogP contribution in [0.1, 0.15) is 42.6 Å². The minimum absolute atomic E-state index is 0.276. The van der Waals surface area contributed by atoms with Crippen LogP contribution in [-0.2, 0) is 6.42 Å². The van der Waals surface area contributed by atoms with Crippen LogP contribution in [0.5, 0.6) is 0 Å². The second-order valence-electron chi connectivity index (χ2n) is 6.45. The molecule has 0 spiro atoms. The van der Waals surface area contributed by atoms with Crippen LogP contribution in [0.3, 0.4) is 0 Å². The summed E-state index contributed by atoms with van der Waals surface area (Å²) in [5.41, 5.74) is 3.28. The molecule has 0 bridgehead atoms. The van der Waals surface area contributed by atoms with Crippen LogP contribution < -0.4 is 4.90 Å². The number of nitrogens with one attached hydrogen (secondary N) is 2. The zero-order chi connectivity index (χ0) is 14.8. The van der Waals surface area contributed by atoms with Crippen LogP contribution in [-0.4, -0.2) is 30.4 Å². The molecule has 1 fully saturated rings. The molecule has 2 N–H and O–H groups in total. The lowest BCUT2D eigenvalue weighted by Crippen LogP contribution is -3.14. The molecule has 0 aliphatic carbocycles. The van der Waals surface area contributed by atoms with E-state index >= 15 is 0 Å². The summed E-state index contributed by atoms with van der Waals surface area (Å²) >= 11 is 0. The third-order valence-electron chi connectivity index (χ3n) is 4.76. The molecule has 1 aromatic carbocycles. The summed E-state index contributed by atoms with van der Waals surface area (Å²) in [5, 5.41) is 1.09. The fourth-order valence-electron chi connectivity index (χ4n) is 3.62. The molecule has 1 aromatic heterocycles. The third-order valence-corrected chi connectivity index (χ3v) is 4.76. The zero-order valence-corrected chi connectivity index (χ0v) is 13.0. The number of carbonyl (C=O) groups excluding carboxylic acids is 1. The molecule has 3 nitrogen and oxygen atoms in total. The first-order valence-corrected chi connectivity index (χ1v) is 8.14. The molecule has 0 amide bonds. The maximum absolute atomic E-state index is 12.7. The topological polar surface area (TPSA) is 37.3 Å². The van der Waals surface area contributed by atoms with Gasteiger partial charge in [0.25, 0.3) is 0 Å². The number of H-pyrrole nitrogens is 1. The van der Waals surface area contributed by atoms with Crippen molar-refractivity contribution in [2.24, 2.45) is 5.92 Å². The van der Waals surface area contributed by atoms with Gasteiger partial charge in [-0.15, -0.1) is 0 Å². The average Bonchev–Trinajstić information content (AvgIpc) is 2.91. The van der Waals surface area contributed by atoms with Gasteiger partial charge in [0, 0.05) is 28.6 Å². The normalized spacial score (nSPS) is 22.6. The van der Waals surface area contributed by atoms with Gasteiger partial charge in [0.2, 0.25) is 5.78 Å². The van der Waals surface area contributed by atoms with Gasteiger partial charge in [-0.3, -0.25) is 4.79 Å². The van der Waals surface area contributed by atoms with Crippen molar-refractivity contribution in [1.82, 2.24) is 4.98 Å². The van der Waals surface area contributed by atoms with Crippen LogP contribution >= 0.6 is 0 Å². The number of benzene rings is 1. The highest BCUT2D eigenvalue weighted by Crippen LogP contribution is 2.22. The minimum atomic E-state index is 0.276. The van der Waals surface area contributed by atoms with Crippen LogP contribution in [0, 0.1) is 5.92 Å². The second kappa shape index (κ2) is 6.02. The Hall–Kier alpha value is -1.61. The number of ketones is 1. The molecule has 1 aliphatic rings. The van der Waals surface area contributed by atoms with Crippen molar-refractivity contribution in [2.45, 2.75) is 33.1 Å². The number of carbonyl (C=O) groups is 1. The second-order valence-corrected chi connectivity index (χ2v) is 6.45. The molecule has 1 unspecified atom stereocenters. The van der Waals surface area contributed by atoms with E-state index in [1.54, 1.807) is 0 Å². The van der Waals surface area contributed by atoms with Gasteiger partial charge >= 0.3 is 0 Å². The molecule has 2 aromatic rings. The molecular weight excluding hydrogens is 260 g/mol. The molecule has 1 saturated heterocycles. The highest BCUT2D eigenvalue weighted by molar-refractivity contribution is 6.08. The lowest BCUT2D eigenvalue weighted by atomic mass is 9.99. The van der Waals surface area contributed by atoms with Crippen LogP contribution in [0.4, 0.5) is 0 Å². The molecule has 112 valence electrons. The van der Waals surface area contributed by atoms with Crippen LogP contribution in [0.15, 0.2) is 24.4 Å².